The van der Waals surface area contributed by atoms with Crippen LogP contribution in [0.25, 0.3) is 0 Å². The van der Waals surface area contributed by atoms with E-state index in [2.05, 4.69) is 18.0 Å². The molecule has 0 aliphatic rings. The van der Waals surface area contributed by atoms with Gasteiger partial charge in [0.15, 0.2) is 0 Å². The van der Waals surface area contributed by atoms with Crippen LogP contribution in [-0.4, -0.2) is 86.1 Å². The van der Waals surface area contributed by atoms with Crippen LogP contribution in [0.5, 0.6) is 0 Å². The number of hydrogen-bond acceptors (Lipinski definition) is 9. The second kappa shape index (κ2) is 32.6. The summed E-state index contributed by atoms with van der Waals surface area (Å²) in [6.07, 6.45) is 24.1. The van der Waals surface area contributed by atoms with Crippen LogP contribution in [-0.2, 0) is 38.3 Å². The molecule has 0 amide bonds. The maximum atomic E-state index is 10.8. The van der Waals surface area contributed by atoms with E-state index in [1.807, 2.05) is 0 Å². The van der Waals surface area contributed by atoms with Gasteiger partial charge in [-0.15, -0.1) is 0 Å². The number of rotatable bonds is 37. The third-order valence-electron chi connectivity index (χ3n) is 7.89. The number of unbranched alkanes of at least 4 members (excludes halogenated alkanes) is 16. The highest BCUT2D eigenvalue weighted by atomic mass is 32.3. The lowest BCUT2D eigenvalue weighted by atomic mass is 9.84. The Bertz CT molecular complexity index is 648. The minimum atomic E-state index is -4.73. The van der Waals surface area contributed by atoms with Crippen molar-refractivity contribution in [1.82, 2.24) is 0 Å². The molecule has 0 spiro atoms. The molecule has 0 aromatic heterocycles. The fraction of sp³-hybridized carbons (Fsp3) is 1.00. The molecule has 0 radical (unpaired) electrons. The number of methoxy groups -OCH3 is 1. The highest BCUT2D eigenvalue weighted by molar-refractivity contribution is 7.80. The van der Waals surface area contributed by atoms with Gasteiger partial charge in [-0.05, 0) is 25.7 Å². The maximum absolute atomic E-state index is 10.8. The van der Waals surface area contributed by atoms with E-state index in [9.17, 15) is 13.0 Å². The summed E-state index contributed by atoms with van der Waals surface area (Å²) in [4.78, 5) is 0. The highest BCUT2D eigenvalue weighted by Gasteiger charge is 2.31. The van der Waals surface area contributed by atoms with Gasteiger partial charge < -0.3 is 28.2 Å². The predicted octanol–water partition coefficient (Wildman–Crippen LogP) is 8.00. The SMILES string of the molecule is CCCCCCCCCCCCOC[C@](CCCCCCCOCCCCCC)(COCCOC)COCCOS(=O)(=O)[O-]. The second-order valence-corrected chi connectivity index (χ2v) is 13.3. The molecule has 0 aliphatic carbocycles. The Morgan fingerprint density at radius 3 is 1.34 bits per heavy atom. The highest BCUT2D eigenvalue weighted by Crippen LogP contribution is 2.28. The maximum Gasteiger partial charge on any atom is 0.217 e. The largest absolute Gasteiger partial charge is 0.726 e. The van der Waals surface area contributed by atoms with Crippen molar-refractivity contribution >= 4 is 10.4 Å². The molecule has 0 rings (SSSR count). The topological polar surface area (TPSA) is 113 Å². The Balaban J connectivity index is 4.64. The Morgan fingerprint density at radius 2 is 0.864 bits per heavy atom. The zero-order valence-corrected chi connectivity index (χ0v) is 29.6. The fourth-order valence-corrected chi connectivity index (χ4v) is 5.48. The van der Waals surface area contributed by atoms with E-state index in [1.165, 1.54) is 77.0 Å². The molecule has 0 N–H and O–H groups in total. The molecular formula is C34H69O9S-. The summed E-state index contributed by atoms with van der Waals surface area (Å²) < 4.78 is 65.6. The van der Waals surface area contributed by atoms with Crippen molar-refractivity contribution < 1.29 is 40.8 Å². The first-order valence-electron chi connectivity index (χ1n) is 17.8. The molecule has 266 valence electrons. The molecule has 0 heterocycles. The smallest absolute Gasteiger partial charge is 0.217 e. The van der Waals surface area contributed by atoms with Gasteiger partial charge in [0, 0.05) is 32.3 Å². The van der Waals surface area contributed by atoms with E-state index >= 15 is 0 Å². The first-order chi connectivity index (χ1) is 21.4. The minimum Gasteiger partial charge on any atom is -0.726 e. The normalized spacial score (nSPS) is 13.5. The number of ether oxygens (including phenoxy) is 5. The Labute approximate surface area is 271 Å². The quantitative estimate of drug-likeness (QED) is 0.0374. The van der Waals surface area contributed by atoms with Crippen LogP contribution in [0, 0.1) is 5.41 Å². The molecule has 0 saturated heterocycles. The molecule has 0 aromatic carbocycles. The standard InChI is InChI=1S/C34H70O9S/c1-4-6-8-10-11-12-13-14-17-22-26-40-31-34(32-41-28-27-38-3,33-42-29-30-43-44(35,36)37)23-19-16-15-18-21-25-39-24-20-9-7-5-2/h4-33H2,1-3H3,(H,35,36,37)/p-1/t34-/m1/s1. The van der Waals surface area contributed by atoms with E-state index < -0.39 is 10.4 Å². The zero-order chi connectivity index (χ0) is 32.5. The zero-order valence-electron chi connectivity index (χ0n) is 28.8. The van der Waals surface area contributed by atoms with Crippen LogP contribution in [0.4, 0.5) is 0 Å². The van der Waals surface area contributed by atoms with Crippen LogP contribution in [0.3, 0.4) is 0 Å². The van der Waals surface area contributed by atoms with Crippen molar-refractivity contribution in [3.8, 4) is 0 Å². The molecule has 0 fully saturated rings. The summed E-state index contributed by atoms with van der Waals surface area (Å²) in [6.45, 7) is 8.89. The lowest BCUT2D eigenvalue weighted by Gasteiger charge is -2.33. The van der Waals surface area contributed by atoms with E-state index in [0.717, 1.165) is 64.6 Å². The van der Waals surface area contributed by atoms with Crippen molar-refractivity contribution in [3.05, 3.63) is 0 Å². The lowest BCUT2D eigenvalue weighted by Crippen LogP contribution is -2.38. The molecular weight excluding hydrogens is 584 g/mol. The molecule has 0 unspecified atom stereocenters. The predicted molar refractivity (Wildman–Crippen MR) is 177 cm³/mol. The molecule has 10 heteroatoms. The van der Waals surface area contributed by atoms with E-state index in [-0.39, 0.29) is 18.6 Å². The first kappa shape index (κ1) is 43.7. The monoisotopic (exact) mass is 653 g/mol. The van der Waals surface area contributed by atoms with E-state index in [1.54, 1.807) is 7.11 Å². The molecule has 0 bridgehead atoms. The van der Waals surface area contributed by atoms with Gasteiger partial charge in [0.05, 0.1) is 46.2 Å². The summed E-state index contributed by atoms with van der Waals surface area (Å²) in [5, 5.41) is 0. The molecule has 44 heavy (non-hydrogen) atoms. The van der Waals surface area contributed by atoms with Crippen molar-refractivity contribution in [2.24, 2.45) is 5.41 Å². The van der Waals surface area contributed by atoms with E-state index in [4.69, 9.17) is 23.7 Å². The third-order valence-corrected chi connectivity index (χ3v) is 8.35. The molecule has 1 atom stereocenters. The summed E-state index contributed by atoms with van der Waals surface area (Å²) in [7, 11) is -3.08. The van der Waals surface area contributed by atoms with E-state index in [0.29, 0.717) is 39.6 Å². The first-order valence-corrected chi connectivity index (χ1v) is 19.1. The minimum absolute atomic E-state index is 0.0121. The molecule has 9 nitrogen and oxygen atoms in total. The number of hydrogen-bond donors (Lipinski definition) is 0. The summed E-state index contributed by atoms with van der Waals surface area (Å²) in [5.41, 5.74) is -0.371. The molecule has 0 aliphatic heterocycles. The Hall–Kier alpha value is -0.330. The average Bonchev–Trinajstić information content (AvgIpc) is 2.99. The summed E-state index contributed by atoms with van der Waals surface area (Å²) in [5.74, 6) is 0. The molecule has 0 aromatic rings. The lowest BCUT2D eigenvalue weighted by molar-refractivity contribution is -0.0825. The van der Waals surface area contributed by atoms with Crippen LogP contribution >= 0.6 is 0 Å². The van der Waals surface area contributed by atoms with Gasteiger partial charge in [0.2, 0.25) is 10.4 Å². The van der Waals surface area contributed by atoms with Gasteiger partial charge in [-0.1, -0.05) is 117 Å². The Kier molecular flexibility index (Phi) is 32.4. The van der Waals surface area contributed by atoms with Crippen molar-refractivity contribution in [1.29, 1.82) is 0 Å². The average molecular weight is 654 g/mol. The van der Waals surface area contributed by atoms with Gasteiger partial charge in [-0.25, -0.2) is 8.42 Å². The van der Waals surface area contributed by atoms with Gasteiger partial charge in [0.1, 0.15) is 0 Å². The Morgan fingerprint density at radius 1 is 0.477 bits per heavy atom. The van der Waals surface area contributed by atoms with Crippen LogP contribution in [0.1, 0.15) is 142 Å². The second-order valence-electron chi connectivity index (χ2n) is 12.3. The molecule has 0 saturated carbocycles. The summed E-state index contributed by atoms with van der Waals surface area (Å²) >= 11 is 0. The van der Waals surface area contributed by atoms with Crippen LogP contribution in [0.15, 0.2) is 0 Å². The summed E-state index contributed by atoms with van der Waals surface area (Å²) in [6, 6.07) is 0. The van der Waals surface area contributed by atoms with Crippen molar-refractivity contribution in [3.63, 3.8) is 0 Å². The van der Waals surface area contributed by atoms with Crippen LogP contribution < -0.4 is 0 Å². The fourth-order valence-electron chi connectivity index (χ4n) is 5.20. The third kappa shape index (κ3) is 31.6. The van der Waals surface area contributed by atoms with Gasteiger partial charge >= 0.3 is 0 Å². The van der Waals surface area contributed by atoms with Gasteiger partial charge in [-0.3, -0.25) is 4.18 Å². The van der Waals surface area contributed by atoms with Crippen molar-refractivity contribution in [2.75, 3.05) is 73.2 Å². The van der Waals surface area contributed by atoms with Crippen LogP contribution in [0.2, 0.25) is 0 Å². The van der Waals surface area contributed by atoms with Gasteiger partial charge in [0.25, 0.3) is 0 Å². The van der Waals surface area contributed by atoms with Gasteiger partial charge in [-0.2, -0.15) is 0 Å². The van der Waals surface area contributed by atoms with Crippen molar-refractivity contribution in [2.45, 2.75) is 142 Å².